The average molecular weight is 243 g/mol. The van der Waals surface area contributed by atoms with E-state index in [1.807, 2.05) is 4.90 Å². The van der Waals surface area contributed by atoms with E-state index >= 15 is 0 Å². The van der Waals surface area contributed by atoms with Crippen LogP contribution in [0.2, 0.25) is 0 Å². The van der Waals surface area contributed by atoms with Gasteiger partial charge >= 0.3 is 6.09 Å². The van der Waals surface area contributed by atoms with Crippen LogP contribution in [0.1, 0.15) is 47.0 Å². The molecule has 17 heavy (non-hydrogen) atoms. The lowest BCUT2D eigenvalue weighted by atomic mass is 9.86. The maximum atomic E-state index is 11.9. The second kappa shape index (κ2) is 5.71. The molecule has 0 aromatic heterocycles. The predicted octanol–water partition coefficient (Wildman–Crippen LogP) is 2.40. The molecule has 1 aliphatic rings. The van der Waals surface area contributed by atoms with Gasteiger partial charge in [0.05, 0.1) is 0 Å². The normalized spacial score (nSPS) is 23.5. The smallest absolute Gasteiger partial charge is 0.410 e. The number of carbonyl (C=O) groups excluding carboxylic acids is 1. The zero-order valence-electron chi connectivity index (χ0n) is 11.4. The van der Waals surface area contributed by atoms with Crippen molar-refractivity contribution in [2.24, 2.45) is 5.41 Å². The maximum Gasteiger partial charge on any atom is 0.410 e. The first-order valence-electron chi connectivity index (χ1n) is 6.44. The molecule has 2 unspecified atom stereocenters. The zero-order valence-corrected chi connectivity index (χ0v) is 11.4. The summed E-state index contributed by atoms with van der Waals surface area (Å²) >= 11 is 0. The molecule has 2 atom stereocenters. The fraction of sp³-hybridized carbons (Fsp3) is 0.923. The molecule has 0 spiro atoms. The van der Waals surface area contributed by atoms with E-state index < -0.39 is 0 Å². The summed E-state index contributed by atoms with van der Waals surface area (Å²) in [5.41, 5.74) is 0.0664. The number of hydrogen-bond acceptors (Lipinski definition) is 3. The van der Waals surface area contributed by atoms with Gasteiger partial charge in [-0.25, -0.2) is 4.79 Å². The van der Waals surface area contributed by atoms with Crippen molar-refractivity contribution >= 4 is 6.09 Å². The van der Waals surface area contributed by atoms with Crippen LogP contribution in [-0.2, 0) is 4.74 Å². The lowest BCUT2D eigenvalue weighted by Gasteiger charge is -2.41. The summed E-state index contributed by atoms with van der Waals surface area (Å²) in [6.07, 6.45) is 2.11. The molecule has 1 fully saturated rings. The molecule has 4 nitrogen and oxygen atoms in total. The molecule has 1 aliphatic heterocycles. The number of aliphatic hydroxyl groups excluding tert-OH is 1. The molecular formula is C13H25NO3. The minimum Gasteiger partial charge on any atom is -0.446 e. The highest BCUT2D eigenvalue weighted by Gasteiger charge is 2.34. The minimum atomic E-state index is -0.207. The third-order valence-electron chi connectivity index (χ3n) is 3.60. The molecule has 1 amide bonds. The summed E-state index contributed by atoms with van der Waals surface area (Å²) in [5, 5.41) is 8.76. The van der Waals surface area contributed by atoms with Gasteiger partial charge < -0.3 is 14.7 Å². The lowest BCUT2D eigenvalue weighted by Crippen LogP contribution is -2.50. The minimum absolute atomic E-state index is 0.0157. The van der Waals surface area contributed by atoms with Crippen molar-refractivity contribution in [1.82, 2.24) is 4.90 Å². The topological polar surface area (TPSA) is 49.8 Å². The Morgan fingerprint density at radius 3 is 2.65 bits per heavy atom. The largest absolute Gasteiger partial charge is 0.446 e. The number of amides is 1. The molecule has 0 bridgehead atoms. The third kappa shape index (κ3) is 3.87. The van der Waals surface area contributed by atoms with Gasteiger partial charge in [0, 0.05) is 25.6 Å². The second-order valence-electron chi connectivity index (χ2n) is 5.90. The summed E-state index contributed by atoms with van der Waals surface area (Å²) in [7, 11) is 0. The maximum absolute atomic E-state index is 11.9. The van der Waals surface area contributed by atoms with Crippen LogP contribution in [0.25, 0.3) is 0 Å². The SMILES string of the molecule is CC(N1CCC(CCCO)OC1=O)C(C)(C)C. The van der Waals surface area contributed by atoms with Gasteiger partial charge in [0.15, 0.2) is 0 Å². The molecule has 1 saturated heterocycles. The van der Waals surface area contributed by atoms with Crippen molar-refractivity contribution in [2.45, 2.75) is 59.1 Å². The Hall–Kier alpha value is -0.770. The van der Waals surface area contributed by atoms with E-state index in [4.69, 9.17) is 9.84 Å². The monoisotopic (exact) mass is 243 g/mol. The fourth-order valence-electron chi connectivity index (χ4n) is 1.99. The molecule has 1 N–H and O–H groups in total. The molecule has 0 radical (unpaired) electrons. The fourth-order valence-corrected chi connectivity index (χ4v) is 1.99. The molecule has 0 aromatic rings. The van der Waals surface area contributed by atoms with Crippen LogP contribution in [-0.4, -0.2) is 41.4 Å². The van der Waals surface area contributed by atoms with Crippen molar-refractivity contribution in [3.05, 3.63) is 0 Å². The van der Waals surface area contributed by atoms with E-state index in [0.29, 0.717) is 6.42 Å². The number of rotatable bonds is 4. The van der Waals surface area contributed by atoms with Crippen molar-refractivity contribution < 1.29 is 14.6 Å². The van der Waals surface area contributed by atoms with E-state index in [0.717, 1.165) is 19.4 Å². The number of carbonyl (C=O) groups is 1. The van der Waals surface area contributed by atoms with Crippen LogP contribution in [0.5, 0.6) is 0 Å². The summed E-state index contributed by atoms with van der Waals surface area (Å²) < 4.78 is 5.39. The van der Waals surface area contributed by atoms with Crippen LogP contribution < -0.4 is 0 Å². The van der Waals surface area contributed by atoms with Crippen LogP contribution in [0.15, 0.2) is 0 Å². The van der Waals surface area contributed by atoms with Crippen molar-refractivity contribution in [3.8, 4) is 0 Å². The van der Waals surface area contributed by atoms with E-state index in [1.54, 1.807) is 0 Å². The van der Waals surface area contributed by atoms with Crippen molar-refractivity contribution in [3.63, 3.8) is 0 Å². The number of nitrogens with zero attached hydrogens (tertiary/aromatic N) is 1. The van der Waals surface area contributed by atoms with Gasteiger partial charge in [-0.3, -0.25) is 0 Å². The Morgan fingerprint density at radius 1 is 1.53 bits per heavy atom. The number of hydrogen-bond donors (Lipinski definition) is 1. The Bertz CT molecular complexity index is 260. The first kappa shape index (κ1) is 14.3. The first-order chi connectivity index (χ1) is 7.86. The van der Waals surface area contributed by atoms with Gasteiger partial charge in [-0.05, 0) is 25.2 Å². The summed E-state index contributed by atoms with van der Waals surface area (Å²) in [4.78, 5) is 13.7. The number of aliphatic hydroxyl groups is 1. The van der Waals surface area contributed by atoms with E-state index in [1.165, 1.54) is 0 Å². The van der Waals surface area contributed by atoms with Gasteiger partial charge in [-0.2, -0.15) is 0 Å². The Kier molecular flexibility index (Phi) is 4.80. The Labute approximate surface area is 104 Å². The molecule has 0 saturated carbocycles. The van der Waals surface area contributed by atoms with E-state index in [9.17, 15) is 4.79 Å². The standard InChI is InChI=1S/C13H25NO3/c1-10(13(2,3)4)14-8-7-11(6-5-9-15)17-12(14)16/h10-11,15H,5-9H2,1-4H3. The summed E-state index contributed by atoms with van der Waals surface area (Å²) in [5.74, 6) is 0. The molecule has 0 aromatic carbocycles. The second-order valence-corrected chi connectivity index (χ2v) is 5.90. The van der Waals surface area contributed by atoms with Gasteiger partial charge in [-0.15, -0.1) is 0 Å². The Morgan fingerprint density at radius 2 is 2.18 bits per heavy atom. The average Bonchev–Trinajstić information content (AvgIpc) is 2.24. The molecule has 4 heteroatoms. The molecule has 100 valence electrons. The van der Waals surface area contributed by atoms with Crippen molar-refractivity contribution in [2.75, 3.05) is 13.2 Å². The third-order valence-corrected chi connectivity index (χ3v) is 3.60. The van der Waals surface area contributed by atoms with Crippen LogP contribution in [0.3, 0.4) is 0 Å². The summed E-state index contributed by atoms with van der Waals surface area (Å²) in [6, 6.07) is 0.175. The lowest BCUT2D eigenvalue weighted by molar-refractivity contribution is -0.00805. The molecule has 1 heterocycles. The van der Waals surface area contributed by atoms with Gasteiger partial charge in [0.25, 0.3) is 0 Å². The highest BCUT2D eigenvalue weighted by Crippen LogP contribution is 2.27. The molecule has 0 aliphatic carbocycles. The van der Waals surface area contributed by atoms with Gasteiger partial charge in [0.1, 0.15) is 6.10 Å². The van der Waals surface area contributed by atoms with Crippen molar-refractivity contribution in [1.29, 1.82) is 0 Å². The van der Waals surface area contributed by atoms with Gasteiger partial charge in [0.2, 0.25) is 0 Å². The Balaban J connectivity index is 2.51. The molecular weight excluding hydrogens is 218 g/mol. The summed E-state index contributed by atoms with van der Waals surface area (Å²) in [6.45, 7) is 9.37. The zero-order chi connectivity index (χ0) is 13.1. The predicted molar refractivity (Wildman–Crippen MR) is 66.8 cm³/mol. The first-order valence-corrected chi connectivity index (χ1v) is 6.44. The van der Waals surface area contributed by atoms with Crippen LogP contribution in [0.4, 0.5) is 4.79 Å². The molecule has 1 rings (SSSR count). The van der Waals surface area contributed by atoms with E-state index in [-0.39, 0.29) is 30.3 Å². The van der Waals surface area contributed by atoms with Gasteiger partial charge in [-0.1, -0.05) is 20.8 Å². The highest BCUT2D eigenvalue weighted by molar-refractivity contribution is 5.69. The highest BCUT2D eigenvalue weighted by atomic mass is 16.6. The van der Waals surface area contributed by atoms with Crippen LogP contribution >= 0.6 is 0 Å². The quantitative estimate of drug-likeness (QED) is 0.825. The van der Waals surface area contributed by atoms with Crippen LogP contribution in [0, 0.1) is 5.41 Å². The number of cyclic esters (lactones) is 1. The van der Waals surface area contributed by atoms with E-state index in [2.05, 4.69) is 27.7 Å². The number of ether oxygens (including phenoxy) is 1.